The number of amides is 1. The molecule has 4 fully saturated rings. The van der Waals surface area contributed by atoms with Gasteiger partial charge in [0.2, 0.25) is 5.91 Å². The molecule has 7 rings (SSSR count). The van der Waals surface area contributed by atoms with Crippen LogP contribution in [-0.2, 0) is 10.2 Å². The molecule has 7 nitrogen and oxygen atoms in total. The molecular weight excluding hydrogens is 364 g/mol. The second-order valence-electron chi connectivity index (χ2n) is 8.99. The molecule has 1 saturated heterocycles. The second kappa shape index (κ2) is 6.02. The third kappa shape index (κ3) is 2.49. The van der Waals surface area contributed by atoms with Crippen molar-refractivity contribution in [2.45, 2.75) is 43.6 Å². The summed E-state index contributed by atoms with van der Waals surface area (Å²) in [6.45, 7) is 1.74. The van der Waals surface area contributed by atoms with E-state index in [4.69, 9.17) is 0 Å². The number of aromatic nitrogens is 4. The van der Waals surface area contributed by atoms with Gasteiger partial charge in [0, 0.05) is 19.1 Å². The zero-order valence-corrected chi connectivity index (χ0v) is 16.3. The van der Waals surface area contributed by atoms with Gasteiger partial charge in [-0.1, -0.05) is 30.3 Å². The maximum Gasteiger partial charge on any atom is 0.226 e. The van der Waals surface area contributed by atoms with Gasteiger partial charge in [-0.2, -0.15) is 0 Å². The zero-order chi connectivity index (χ0) is 19.5. The van der Waals surface area contributed by atoms with Crippen LogP contribution in [0.3, 0.4) is 0 Å². The number of hydrogen-bond donors (Lipinski definition) is 2. The van der Waals surface area contributed by atoms with Gasteiger partial charge in [0.05, 0.1) is 11.7 Å². The first-order valence-electron chi connectivity index (χ1n) is 10.4. The van der Waals surface area contributed by atoms with Gasteiger partial charge in [-0.3, -0.25) is 4.79 Å². The summed E-state index contributed by atoms with van der Waals surface area (Å²) in [6, 6.07) is 10.9. The van der Waals surface area contributed by atoms with Crippen molar-refractivity contribution in [1.82, 2.24) is 25.3 Å². The van der Waals surface area contributed by atoms with E-state index >= 15 is 0 Å². The standard InChI is InChI=1S/C22H24N6O/c29-20(22-10-21(11-22,12-22)15-4-2-1-3-5-15)27-16-6-8-28(9-7-16)19-17-18(24-13-23-17)25-14-26-19/h1-5,13-14,16H,6-12H2,(H,27,29)(H,23,24,25,26). The van der Waals surface area contributed by atoms with Crippen molar-refractivity contribution in [3.8, 4) is 0 Å². The Hall–Kier alpha value is -2.96. The van der Waals surface area contributed by atoms with Crippen molar-refractivity contribution in [2.24, 2.45) is 5.41 Å². The Morgan fingerprint density at radius 2 is 1.83 bits per heavy atom. The summed E-state index contributed by atoms with van der Waals surface area (Å²) in [5.74, 6) is 1.17. The number of nitrogens with one attached hydrogen (secondary N) is 2. The molecule has 0 spiro atoms. The van der Waals surface area contributed by atoms with Crippen LogP contribution in [0.4, 0.5) is 5.82 Å². The maximum absolute atomic E-state index is 13.0. The molecule has 0 radical (unpaired) electrons. The predicted molar refractivity (Wildman–Crippen MR) is 109 cm³/mol. The average molecular weight is 388 g/mol. The minimum atomic E-state index is -0.109. The van der Waals surface area contributed by atoms with Gasteiger partial charge >= 0.3 is 0 Å². The Balaban J connectivity index is 1.06. The molecular formula is C22H24N6O. The van der Waals surface area contributed by atoms with Crippen molar-refractivity contribution in [3.05, 3.63) is 48.5 Å². The highest BCUT2D eigenvalue weighted by molar-refractivity contribution is 5.88. The quantitative estimate of drug-likeness (QED) is 0.717. The number of imidazole rings is 1. The van der Waals surface area contributed by atoms with Gasteiger partial charge in [-0.15, -0.1) is 0 Å². The second-order valence-corrected chi connectivity index (χ2v) is 8.99. The van der Waals surface area contributed by atoms with E-state index in [1.54, 1.807) is 12.7 Å². The molecule has 3 aliphatic carbocycles. The topological polar surface area (TPSA) is 86.8 Å². The molecule has 2 aromatic heterocycles. The smallest absolute Gasteiger partial charge is 0.226 e. The molecule has 1 aromatic carbocycles. The fraction of sp³-hybridized carbons (Fsp3) is 0.455. The lowest BCUT2D eigenvalue weighted by atomic mass is 9.33. The van der Waals surface area contributed by atoms with Crippen molar-refractivity contribution in [1.29, 1.82) is 0 Å². The largest absolute Gasteiger partial charge is 0.355 e. The summed E-state index contributed by atoms with van der Waals surface area (Å²) in [7, 11) is 0. The Bertz CT molecular complexity index is 1050. The maximum atomic E-state index is 13.0. The van der Waals surface area contributed by atoms with Gasteiger partial charge in [-0.25, -0.2) is 15.0 Å². The lowest BCUT2D eigenvalue weighted by Crippen LogP contribution is -2.70. The van der Waals surface area contributed by atoms with Gasteiger partial charge in [0.25, 0.3) is 0 Å². The van der Waals surface area contributed by atoms with Crippen LogP contribution in [0.2, 0.25) is 0 Å². The van der Waals surface area contributed by atoms with E-state index in [0.717, 1.165) is 56.5 Å². The molecule has 1 aliphatic heterocycles. The fourth-order valence-electron chi connectivity index (χ4n) is 5.69. The molecule has 0 unspecified atom stereocenters. The van der Waals surface area contributed by atoms with Crippen molar-refractivity contribution in [3.63, 3.8) is 0 Å². The van der Waals surface area contributed by atoms with Gasteiger partial charge < -0.3 is 15.2 Å². The van der Waals surface area contributed by atoms with Crippen LogP contribution < -0.4 is 10.2 Å². The Morgan fingerprint density at radius 3 is 2.59 bits per heavy atom. The Kier molecular flexibility index (Phi) is 3.52. The van der Waals surface area contributed by atoms with Crippen molar-refractivity contribution in [2.75, 3.05) is 18.0 Å². The molecule has 29 heavy (non-hydrogen) atoms. The normalized spacial score (nSPS) is 28.6. The first-order chi connectivity index (χ1) is 14.2. The average Bonchev–Trinajstić information content (AvgIpc) is 3.16. The SMILES string of the molecule is O=C(NC1CCN(c2ncnc3nc[nH]c23)CC1)C12CC(c3ccccc3)(C1)C2. The first-order valence-corrected chi connectivity index (χ1v) is 10.4. The summed E-state index contributed by atoms with van der Waals surface area (Å²) in [5, 5.41) is 3.35. The number of carbonyl (C=O) groups excluding carboxylic acids is 1. The number of rotatable bonds is 4. The highest BCUT2D eigenvalue weighted by Gasteiger charge is 2.71. The minimum absolute atomic E-state index is 0.109. The van der Waals surface area contributed by atoms with E-state index < -0.39 is 0 Å². The molecule has 7 heteroatoms. The third-order valence-electron chi connectivity index (χ3n) is 7.23. The molecule has 0 atom stereocenters. The van der Waals surface area contributed by atoms with E-state index in [2.05, 4.69) is 60.5 Å². The number of aromatic amines is 1. The molecule has 2 N–H and O–H groups in total. The fourth-order valence-corrected chi connectivity index (χ4v) is 5.69. The van der Waals surface area contributed by atoms with Crippen LogP contribution in [0.1, 0.15) is 37.7 Å². The van der Waals surface area contributed by atoms with Crippen LogP contribution in [0.25, 0.3) is 11.2 Å². The van der Waals surface area contributed by atoms with Crippen LogP contribution in [0.15, 0.2) is 43.0 Å². The lowest BCUT2D eigenvalue weighted by molar-refractivity contribution is -0.177. The van der Waals surface area contributed by atoms with Crippen LogP contribution in [-0.4, -0.2) is 45.0 Å². The van der Waals surface area contributed by atoms with Gasteiger partial charge in [0.1, 0.15) is 11.8 Å². The molecule has 2 bridgehead atoms. The summed E-state index contributed by atoms with van der Waals surface area (Å²) >= 11 is 0. The van der Waals surface area contributed by atoms with E-state index in [-0.39, 0.29) is 22.8 Å². The number of fused-ring (bicyclic) bond motifs is 1. The number of hydrogen-bond acceptors (Lipinski definition) is 5. The molecule has 3 heterocycles. The van der Waals surface area contributed by atoms with Crippen molar-refractivity contribution < 1.29 is 4.79 Å². The number of nitrogens with zero attached hydrogens (tertiary/aromatic N) is 4. The van der Waals surface area contributed by atoms with Crippen LogP contribution >= 0.6 is 0 Å². The minimum Gasteiger partial charge on any atom is -0.355 e. The lowest BCUT2D eigenvalue weighted by Gasteiger charge is -2.69. The van der Waals surface area contributed by atoms with E-state index in [0.29, 0.717) is 5.65 Å². The number of carbonyl (C=O) groups is 1. The van der Waals surface area contributed by atoms with E-state index in [1.165, 1.54) is 5.56 Å². The molecule has 3 aromatic rings. The first kappa shape index (κ1) is 16.9. The number of anilines is 1. The molecule has 1 amide bonds. The van der Waals surface area contributed by atoms with Crippen molar-refractivity contribution >= 4 is 22.9 Å². The van der Waals surface area contributed by atoms with Gasteiger partial charge in [-0.05, 0) is 43.1 Å². The summed E-state index contributed by atoms with van der Waals surface area (Å²) in [6.07, 6.45) is 8.12. The zero-order valence-electron chi connectivity index (χ0n) is 16.3. The Morgan fingerprint density at radius 1 is 1.07 bits per heavy atom. The number of piperidine rings is 1. The molecule has 3 saturated carbocycles. The predicted octanol–water partition coefficient (Wildman–Crippen LogP) is 2.56. The summed E-state index contributed by atoms with van der Waals surface area (Å²) in [4.78, 5) is 31.2. The van der Waals surface area contributed by atoms with E-state index in [1.807, 2.05) is 0 Å². The Labute approximate surface area is 169 Å². The van der Waals surface area contributed by atoms with Crippen LogP contribution in [0.5, 0.6) is 0 Å². The van der Waals surface area contributed by atoms with E-state index in [9.17, 15) is 4.79 Å². The van der Waals surface area contributed by atoms with Gasteiger partial charge in [0.15, 0.2) is 11.5 Å². The highest BCUT2D eigenvalue weighted by atomic mass is 16.2. The summed E-state index contributed by atoms with van der Waals surface area (Å²) in [5.41, 5.74) is 3.14. The number of benzene rings is 1. The monoisotopic (exact) mass is 388 g/mol. The highest BCUT2D eigenvalue weighted by Crippen LogP contribution is 2.73. The third-order valence-corrected chi connectivity index (χ3v) is 7.23. The number of H-pyrrole nitrogens is 1. The molecule has 4 aliphatic rings. The molecule has 148 valence electrons. The van der Waals surface area contributed by atoms with Crippen LogP contribution in [0, 0.1) is 5.41 Å². The summed E-state index contributed by atoms with van der Waals surface area (Å²) < 4.78 is 0.